The molecule has 0 aromatic heterocycles. The van der Waals surface area contributed by atoms with Gasteiger partial charge in [-0.3, -0.25) is 0 Å². The first-order valence-electron chi connectivity index (χ1n) is 9.54. The van der Waals surface area contributed by atoms with E-state index in [9.17, 15) is 9.59 Å². The molecule has 0 aliphatic rings. The van der Waals surface area contributed by atoms with Gasteiger partial charge in [0.05, 0.1) is 66.1 Å². The van der Waals surface area contributed by atoms with Crippen LogP contribution in [0.25, 0.3) is 0 Å². The van der Waals surface area contributed by atoms with Crippen LogP contribution in [0.1, 0.15) is 13.8 Å². The topological polar surface area (TPSA) is 130 Å². The number of carbonyl (C=O) groups excluding carboxylic acids is 2. The van der Waals surface area contributed by atoms with E-state index < -0.39 is 11.9 Å². The lowest BCUT2D eigenvalue weighted by molar-refractivity contribution is -0.147. The number of hydrogen-bond donors (Lipinski definition) is 2. The van der Waals surface area contributed by atoms with Crippen LogP contribution in [0.4, 0.5) is 0 Å². The molecular formula is C20H36O10. The van der Waals surface area contributed by atoms with Crippen molar-refractivity contribution in [2.24, 2.45) is 0 Å². The van der Waals surface area contributed by atoms with Crippen molar-refractivity contribution in [3.8, 4) is 0 Å². The fourth-order valence-corrected chi connectivity index (χ4v) is 1.41. The summed E-state index contributed by atoms with van der Waals surface area (Å²) in [6, 6.07) is 0. The summed E-state index contributed by atoms with van der Waals surface area (Å²) in [4.78, 5) is 21.7. The maximum absolute atomic E-state index is 10.8. The molecule has 0 bridgehead atoms. The van der Waals surface area contributed by atoms with Crippen molar-refractivity contribution < 1.29 is 48.2 Å². The van der Waals surface area contributed by atoms with Crippen molar-refractivity contribution in [3.05, 3.63) is 24.3 Å². The molecule has 0 saturated carbocycles. The molecule has 0 aromatic rings. The Morgan fingerprint density at radius 2 is 0.833 bits per heavy atom. The van der Waals surface area contributed by atoms with Crippen LogP contribution < -0.4 is 0 Å². The third-order valence-corrected chi connectivity index (χ3v) is 2.83. The predicted octanol–water partition coefficient (Wildman–Crippen LogP) is 0.262. The third-order valence-electron chi connectivity index (χ3n) is 2.83. The van der Waals surface area contributed by atoms with E-state index in [1.165, 1.54) is 0 Å². The molecule has 0 fully saturated rings. The molecule has 0 amide bonds. The summed E-state index contributed by atoms with van der Waals surface area (Å²) >= 11 is 0. The van der Waals surface area contributed by atoms with Gasteiger partial charge in [0.1, 0.15) is 13.2 Å². The highest BCUT2D eigenvalue weighted by atomic mass is 16.6. The van der Waals surface area contributed by atoms with Gasteiger partial charge < -0.3 is 38.6 Å². The van der Waals surface area contributed by atoms with Crippen LogP contribution >= 0.6 is 0 Å². The molecule has 0 unspecified atom stereocenters. The number of carbonyl (C=O) groups is 2. The molecule has 10 heteroatoms. The average molecular weight is 436 g/mol. The van der Waals surface area contributed by atoms with Crippen LogP contribution in [0.2, 0.25) is 0 Å². The molecular weight excluding hydrogens is 400 g/mol. The zero-order chi connectivity index (χ0) is 23.0. The maximum atomic E-state index is 10.8. The van der Waals surface area contributed by atoms with Gasteiger partial charge in [-0.2, -0.15) is 0 Å². The quantitative estimate of drug-likeness (QED) is 0.175. The second-order valence-electron chi connectivity index (χ2n) is 5.73. The minimum atomic E-state index is -0.489. The van der Waals surface area contributed by atoms with Gasteiger partial charge in [0.2, 0.25) is 0 Å². The van der Waals surface area contributed by atoms with E-state index >= 15 is 0 Å². The van der Waals surface area contributed by atoms with Gasteiger partial charge in [-0.05, 0) is 13.8 Å². The smallest absolute Gasteiger partial charge is 0.333 e. The van der Waals surface area contributed by atoms with Crippen molar-refractivity contribution >= 4 is 11.9 Å². The first-order valence-corrected chi connectivity index (χ1v) is 9.54. The minimum absolute atomic E-state index is 0.0325. The Kier molecular flexibility index (Phi) is 23.8. The number of aliphatic hydroxyl groups is 2. The van der Waals surface area contributed by atoms with Crippen LogP contribution in [-0.4, -0.2) is 101 Å². The van der Waals surface area contributed by atoms with Gasteiger partial charge in [0, 0.05) is 11.1 Å². The van der Waals surface area contributed by atoms with Crippen LogP contribution in [-0.2, 0) is 38.0 Å². The van der Waals surface area contributed by atoms with E-state index in [0.29, 0.717) is 64.0 Å². The normalized spacial score (nSPS) is 10.0. The molecule has 10 nitrogen and oxygen atoms in total. The number of hydrogen-bond acceptors (Lipinski definition) is 10. The maximum Gasteiger partial charge on any atom is 0.333 e. The van der Waals surface area contributed by atoms with Crippen LogP contribution in [0.15, 0.2) is 24.3 Å². The van der Waals surface area contributed by atoms with E-state index in [1.807, 2.05) is 0 Å². The largest absolute Gasteiger partial charge is 0.459 e. The van der Waals surface area contributed by atoms with Gasteiger partial charge in [-0.15, -0.1) is 0 Å². The van der Waals surface area contributed by atoms with Crippen LogP contribution in [0, 0.1) is 0 Å². The monoisotopic (exact) mass is 436 g/mol. The Hall–Kier alpha value is -1.82. The molecule has 0 radical (unpaired) electrons. The second kappa shape index (κ2) is 23.5. The molecule has 0 saturated heterocycles. The number of rotatable bonds is 18. The molecule has 0 aromatic carbocycles. The molecule has 0 heterocycles. The highest BCUT2D eigenvalue weighted by Gasteiger charge is 2.05. The summed E-state index contributed by atoms with van der Waals surface area (Å²) in [5.41, 5.74) is 0.632. The predicted molar refractivity (Wildman–Crippen MR) is 109 cm³/mol. The van der Waals surface area contributed by atoms with Gasteiger partial charge in [0.25, 0.3) is 0 Å². The zero-order valence-electron chi connectivity index (χ0n) is 18.1. The molecule has 30 heavy (non-hydrogen) atoms. The summed E-state index contributed by atoms with van der Waals surface area (Å²) in [6.07, 6.45) is 0. The summed E-state index contributed by atoms with van der Waals surface area (Å²) < 4.78 is 29.8. The van der Waals surface area contributed by atoms with Crippen molar-refractivity contribution in [3.63, 3.8) is 0 Å². The molecule has 0 aliphatic carbocycles. The van der Waals surface area contributed by atoms with Crippen LogP contribution in [0.3, 0.4) is 0 Å². The zero-order valence-corrected chi connectivity index (χ0v) is 18.1. The van der Waals surface area contributed by atoms with Crippen molar-refractivity contribution in [1.82, 2.24) is 0 Å². The fourth-order valence-electron chi connectivity index (χ4n) is 1.41. The van der Waals surface area contributed by atoms with Crippen molar-refractivity contribution in [2.75, 3.05) is 79.3 Å². The molecule has 2 N–H and O–H groups in total. The molecule has 176 valence electrons. The molecule has 0 rings (SSSR count). The van der Waals surface area contributed by atoms with E-state index in [0.717, 1.165) is 0 Å². The SMILES string of the molecule is C=C(C)C(=O)OCCOC(=O)C(=C)C.OCCOCCOCCOCCOCCO. The fraction of sp³-hybridized carbons (Fsp3) is 0.700. The van der Waals surface area contributed by atoms with Gasteiger partial charge in [-0.25, -0.2) is 9.59 Å². The third kappa shape index (κ3) is 24.2. The van der Waals surface area contributed by atoms with Gasteiger partial charge >= 0.3 is 11.9 Å². The van der Waals surface area contributed by atoms with E-state index in [2.05, 4.69) is 22.6 Å². The van der Waals surface area contributed by atoms with Crippen molar-refractivity contribution in [1.29, 1.82) is 0 Å². The first kappa shape index (κ1) is 30.4. The van der Waals surface area contributed by atoms with E-state index in [4.69, 9.17) is 29.2 Å². The highest BCUT2D eigenvalue weighted by molar-refractivity contribution is 5.87. The minimum Gasteiger partial charge on any atom is -0.459 e. The Bertz CT molecular complexity index is 423. The van der Waals surface area contributed by atoms with Gasteiger partial charge in [-0.1, -0.05) is 13.2 Å². The summed E-state index contributed by atoms with van der Waals surface area (Å²) in [6.45, 7) is 13.7. The standard InChI is InChI=1S/C10H22O6.C10H14O4/c11-1-3-13-5-7-15-9-10-16-8-6-14-4-2-12;1-7(2)9(11)13-5-6-14-10(12)8(3)4/h11-12H,1-10H2;1,3,5-6H2,2,4H3. The number of ether oxygens (including phenoxy) is 6. The Labute approximate surface area is 178 Å². The first-order chi connectivity index (χ1) is 14.4. The second-order valence-corrected chi connectivity index (χ2v) is 5.73. The summed E-state index contributed by atoms with van der Waals surface area (Å²) in [7, 11) is 0. The number of aliphatic hydroxyl groups excluding tert-OH is 2. The number of esters is 2. The molecule has 0 aliphatic heterocycles. The Morgan fingerprint density at radius 1 is 0.567 bits per heavy atom. The lowest BCUT2D eigenvalue weighted by atomic mass is 10.4. The van der Waals surface area contributed by atoms with E-state index in [1.54, 1.807) is 13.8 Å². The highest BCUT2D eigenvalue weighted by Crippen LogP contribution is 1.94. The molecule has 0 atom stereocenters. The summed E-state index contributed by atoms with van der Waals surface area (Å²) in [5, 5.41) is 16.8. The lowest BCUT2D eigenvalue weighted by Crippen LogP contribution is -2.14. The summed E-state index contributed by atoms with van der Waals surface area (Å²) in [5.74, 6) is -0.979. The van der Waals surface area contributed by atoms with Crippen molar-refractivity contribution in [2.45, 2.75) is 13.8 Å². The average Bonchev–Trinajstić information content (AvgIpc) is 2.72. The van der Waals surface area contributed by atoms with Crippen LogP contribution in [0.5, 0.6) is 0 Å². The molecule has 0 spiro atoms. The van der Waals surface area contributed by atoms with E-state index in [-0.39, 0.29) is 26.4 Å². The Morgan fingerprint density at radius 3 is 1.07 bits per heavy atom. The lowest BCUT2D eigenvalue weighted by Gasteiger charge is -2.06. The Balaban J connectivity index is 0. The van der Waals surface area contributed by atoms with Gasteiger partial charge in [0.15, 0.2) is 0 Å².